The smallest absolute Gasteiger partial charge is 0.280 e. The number of hydrogen-bond donors (Lipinski definition) is 1. The summed E-state index contributed by atoms with van der Waals surface area (Å²) in [6, 6.07) is 28.5. The van der Waals surface area contributed by atoms with Crippen LogP contribution in [-0.2, 0) is 4.79 Å². The Morgan fingerprint density at radius 1 is 0.875 bits per heavy atom. The van der Waals surface area contributed by atoms with Gasteiger partial charge in [-0.2, -0.15) is 5.10 Å². The zero-order valence-electron chi connectivity index (χ0n) is 16.9. The average molecular weight is 425 g/mol. The van der Waals surface area contributed by atoms with Crippen molar-refractivity contribution in [3.05, 3.63) is 124 Å². The van der Waals surface area contributed by atoms with Crippen molar-refractivity contribution in [3.8, 4) is 11.3 Å². The van der Waals surface area contributed by atoms with E-state index in [2.05, 4.69) is 10.5 Å². The topological polar surface area (TPSA) is 97.7 Å². The zero-order valence-corrected chi connectivity index (χ0v) is 16.9. The number of nitro groups is 1. The molecule has 0 saturated heterocycles. The normalized spacial score (nSPS) is 11.0. The first-order chi connectivity index (χ1) is 15.6. The van der Waals surface area contributed by atoms with Crippen LogP contribution in [0.4, 0.5) is 5.69 Å². The summed E-state index contributed by atoms with van der Waals surface area (Å²) >= 11 is 0. The lowest BCUT2D eigenvalue weighted by Crippen LogP contribution is -2.26. The van der Waals surface area contributed by atoms with E-state index in [0.717, 1.165) is 11.1 Å². The number of rotatable bonds is 7. The first kappa shape index (κ1) is 20.7. The van der Waals surface area contributed by atoms with Gasteiger partial charge in [0.05, 0.1) is 22.6 Å². The van der Waals surface area contributed by atoms with Gasteiger partial charge in [-0.05, 0) is 29.3 Å². The molecule has 0 atom stereocenters. The molecular formula is C25H19N3O4. The number of furan rings is 1. The maximum Gasteiger partial charge on any atom is 0.280 e. The third-order valence-electron chi connectivity index (χ3n) is 4.89. The van der Waals surface area contributed by atoms with Crippen LogP contribution in [0.15, 0.2) is 107 Å². The molecule has 0 saturated carbocycles. The van der Waals surface area contributed by atoms with Gasteiger partial charge < -0.3 is 4.42 Å². The number of benzene rings is 3. The van der Waals surface area contributed by atoms with Crippen molar-refractivity contribution < 1.29 is 14.1 Å². The van der Waals surface area contributed by atoms with E-state index in [4.69, 9.17) is 4.42 Å². The van der Waals surface area contributed by atoms with Crippen LogP contribution >= 0.6 is 0 Å². The van der Waals surface area contributed by atoms with Crippen molar-refractivity contribution in [2.75, 3.05) is 0 Å². The van der Waals surface area contributed by atoms with Crippen molar-refractivity contribution in [2.24, 2.45) is 5.10 Å². The first-order valence-electron chi connectivity index (χ1n) is 9.90. The molecule has 4 aromatic rings. The Balaban J connectivity index is 1.51. The lowest BCUT2D eigenvalue weighted by Gasteiger charge is -2.16. The highest BCUT2D eigenvalue weighted by atomic mass is 16.6. The summed E-state index contributed by atoms with van der Waals surface area (Å²) in [4.78, 5) is 23.7. The highest BCUT2D eigenvalue weighted by Gasteiger charge is 2.22. The van der Waals surface area contributed by atoms with Crippen molar-refractivity contribution in [1.82, 2.24) is 5.43 Å². The number of nitrogens with zero attached hydrogens (tertiary/aromatic N) is 2. The minimum atomic E-state index is -0.520. The van der Waals surface area contributed by atoms with Crippen molar-refractivity contribution >= 4 is 17.8 Å². The van der Waals surface area contributed by atoms with Crippen LogP contribution in [0.1, 0.15) is 22.8 Å². The van der Waals surface area contributed by atoms with Crippen molar-refractivity contribution in [2.45, 2.75) is 5.92 Å². The Morgan fingerprint density at radius 3 is 2.09 bits per heavy atom. The van der Waals surface area contributed by atoms with Gasteiger partial charge >= 0.3 is 0 Å². The summed E-state index contributed by atoms with van der Waals surface area (Å²) in [6.07, 6.45) is 1.36. The SMILES string of the molecule is O=C(N/N=C/c1ccc(-c2ccccc2[N+](=O)[O-])o1)C(c1ccccc1)c1ccccc1. The van der Waals surface area contributed by atoms with Crippen LogP contribution in [0.2, 0.25) is 0 Å². The van der Waals surface area contributed by atoms with E-state index in [0.29, 0.717) is 17.1 Å². The van der Waals surface area contributed by atoms with Gasteiger partial charge in [-0.15, -0.1) is 0 Å². The van der Waals surface area contributed by atoms with Gasteiger partial charge in [0.2, 0.25) is 0 Å². The fraction of sp³-hybridized carbons (Fsp3) is 0.0400. The molecular weight excluding hydrogens is 406 g/mol. The van der Waals surface area contributed by atoms with Gasteiger partial charge in [-0.3, -0.25) is 14.9 Å². The summed E-state index contributed by atoms with van der Waals surface area (Å²) in [5.41, 5.74) is 4.59. The lowest BCUT2D eigenvalue weighted by molar-refractivity contribution is -0.384. The van der Waals surface area contributed by atoms with Crippen LogP contribution < -0.4 is 5.43 Å². The third-order valence-corrected chi connectivity index (χ3v) is 4.89. The number of nitrogens with one attached hydrogen (secondary N) is 1. The van der Waals surface area contributed by atoms with E-state index in [1.807, 2.05) is 60.7 Å². The molecule has 3 aromatic carbocycles. The van der Waals surface area contributed by atoms with Crippen molar-refractivity contribution in [1.29, 1.82) is 0 Å². The van der Waals surface area contributed by atoms with Crippen LogP contribution in [-0.4, -0.2) is 17.0 Å². The molecule has 7 nitrogen and oxygen atoms in total. The molecule has 1 heterocycles. The van der Waals surface area contributed by atoms with E-state index in [9.17, 15) is 14.9 Å². The van der Waals surface area contributed by atoms with E-state index in [1.165, 1.54) is 12.3 Å². The number of carbonyl (C=O) groups is 1. The van der Waals surface area contributed by atoms with Gasteiger partial charge in [0.25, 0.3) is 11.6 Å². The van der Waals surface area contributed by atoms with Crippen LogP contribution in [0, 0.1) is 10.1 Å². The quantitative estimate of drug-likeness (QED) is 0.252. The largest absolute Gasteiger partial charge is 0.455 e. The molecule has 1 N–H and O–H groups in total. The molecule has 32 heavy (non-hydrogen) atoms. The van der Waals surface area contributed by atoms with Crippen LogP contribution in [0.3, 0.4) is 0 Å². The maximum atomic E-state index is 13.0. The molecule has 0 unspecified atom stereocenters. The highest BCUT2D eigenvalue weighted by molar-refractivity contribution is 5.88. The van der Waals surface area contributed by atoms with E-state index in [1.54, 1.807) is 30.3 Å². The third kappa shape index (κ3) is 4.62. The second-order valence-electron chi connectivity index (χ2n) is 6.96. The predicted molar refractivity (Wildman–Crippen MR) is 121 cm³/mol. The molecule has 0 radical (unpaired) electrons. The number of hydrazone groups is 1. The molecule has 0 aliphatic rings. The number of para-hydroxylation sites is 1. The highest BCUT2D eigenvalue weighted by Crippen LogP contribution is 2.30. The van der Waals surface area contributed by atoms with Crippen molar-refractivity contribution in [3.63, 3.8) is 0 Å². The first-order valence-corrected chi connectivity index (χ1v) is 9.90. The Morgan fingerprint density at radius 2 is 1.47 bits per heavy atom. The maximum absolute atomic E-state index is 13.0. The summed E-state index contributed by atoms with van der Waals surface area (Å²) < 4.78 is 5.67. The Kier molecular flexibility index (Phi) is 6.17. The van der Waals surface area contributed by atoms with E-state index >= 15 is 0 Å². The molecule has 0 aliphatic carbocycles. The fourth-order valence-electron chi connectivity index (χ4n) is 3.42. The molecule has 1 amide bonds. The second kappa shape index (κ2) is 9.53. The number of nitro benzene ring substituents is 1. The molecule has 0 fully saturated rings. The van der Waals surface area contributed by atoms with Gasteiger partial charge in [-0.25, -0.2) is 5.43 Å². The lowest BCUT2D eigenvalue weighted by atomic mass is 9.91. The van der Waals surface area contributed by atoms with Gasteiger partial charge in [0.1, 0.15) is 11.5 Å². The van der Waals surface area contributed by atoms with Gasteiger partial charge in [0.15, 0.2) is 0 Å². The molecule has 158 valence electrons. The van der Waals surface area contributed by atoms with Gasteiger partial charge in [-0.1, -0.05) is 72.8 Å². The predicted octanol–water partition coefficient (Wildman–Crippen LogP) is 5.14. The average Bonchev–Trinajstić information content (AvgIpc) is 3.29. The Hall–Kier alpha value is -4.52. The minimum absolute atomic E-state index is 0.0489. The second-order valence-corrected chi connectivity index (χ2v) is 6.96. The van der Waals surface area contributed by atoms with Gasteiger partial charge in [0, 0.05) is 6.07 Å². The molecule has 1 aromatic heterocycles. The fourth-order valence-corrected chi connectivity index (χ4v) is 3.42. The number of hydrogen-bond acceptors (Lipinski definition) is 5. The van der Waals surface area contributed by atoms with Crippen LogP contribution in [0.25, 0.3) is 11.3 Å². The molecule has 7 heteroatoms. The van der Waals surface area contributed by atoms with E-state index < -0.39 is 10.8 Å². The number of amides is 1. The molecule has 0 spiro atoms. The van der Waals surface area contributed by atoms with Crippen LogP contribution in [0.5, 0.6) is 0 Å². The molecule has 4 rings (SSSR count). The Bertz CT molecular complexity index is 1210. The number of carbonyl (C=O) groups excluding carboxylic acids is 1. The summed E-state index contributed by atoms with van der Waals surface area (Å²) in [7, 11) is 0. The molecule has 0 bridgehead atoms. The zero-order chi connectivity index (χ0) is 22.3. The van der Waals surface area contributed by atoms with E-state index in [-0.39, 0.29) is 11.6 Å². The summed E-state index contributed by atoms with van der Waals surface area (Å²) in [6.45, 7) is 0. The molecule has 0 aliphatic heterocycles. The minimum Gasteiger partial charge on any atom is -0.455 e. The monoisotopic (exact) mass is 425 g/mol. The standard InChI is InChI=1S/C25H19N3O4/c29-25(24(18-9-3-1-4-10-18)19-11-5-2-6-12-19)27-26-17-20-15-16-23(32-20)21-13-7-8-14-22(21)28(30)31/h1-17,24H,(H,27,29)/b26-17+. The Labute approximate surface area is 184 Å². The summed E-state index contributed by atoms with van der Waals surface area (Å²) in [5.74, 6) is -0.108. The summed E-state index contributed by atoms with van der Waals surface area (Å²) in [5, 5.41) is 15.3.